The maximum Gasteiger partial charge on any atom is 0.344 e. The lowest BCUT2D eigenvalue weighted by molar-refractivity contribution is 0.284. The molecule has 0 radical (unpaired) electrons. The molecular weight excluding hydrogens is 356 g/mol. The first-order chi connectivity index (χ1) is 13.6. The predicted molar refractivity (Wildman–Crippen MR) is 109 cm³/mol. The first-order valence-electron chi connectivity index (χ1n) is 8.90. The minimum absolute atomic E-state index is 0.350. The van der Waals surface area contributed by atoms with E-state index in [0.29, 0.717) is 29.1 Å². The van der Waals surface area contributed by atoms with Gasteiger partial charge in [0.25, 0.3) is 0 Å². The molecule has 0 aliphatic heterocycles. The highest BCUT2D eigenvalue weighted by Gasteiger charge is 2.13. The van der Waals surface area contributed by atoms with Crippen LogP contribution in [0.25, 0.3) is 21.7 Å². The molecule has 4 aromatic rings. The van der Waals surface area contributed by atoms with Crippen molar-refractivity contribution >= 4 is 21.7 Å². The van der Waals surface area contributed by atoms with E-state index in [1.54, 1.807) is 20.3 Å². The molecule has 0 saturated heterocycles. The fourth-order valence-corrected chi connectivity index (χ4v) is 3.21. The van der Waals surface area contributed by atoms with Gasteiger partial charge in [0, 0.05) is 16.8 Å². The Kier molecular flexibility index (Phi) is 4.65. The number of fused-ring (bicyclic) bond motifs is 3. The van der Waals surface area contributed by atoms with Gasteiger partial charge in [0.05, 0.1) is 19.6 Å². The van der Waals surface area contributed by atoms with Gasteiger partial charge in [0.15, 0.2) is 11.5 Å². The van der Waals surface area contributed by atoms with Crippen molar-refractivity contribution in [1.82, 2.24) is 0 Å². The largest absolute Gasteiger partial charge is 0.497 e. The van der Waals surface area contributed by atoms with Gasteiger partial charge in [-0.25, -0.2) is 4.79 Å². The molecule has 3 aromatic carbocycles. The van der Waals surface area contributed by atoms with Crippen molar-refractivity contribution in [2.45, 2.75) is 13.5 Å². The fourth-order valence-electron chi connectivity index (χ4n) is 3.21. The zero-order chi connectivity index (χ0) is 19.7. The summed E-state index contributed by atoms with van der Waals surface area (Å²) in [6.45, 7) is 2.29. The summed E-state index contributed by atoms with van der Waals surface area (Å²) in [5.41, 5.74) is 2.09. The number of ether oxygens (including phenoxy) is 3. The molecule has 1 aromatic heterocycles. The Balaban J connectivity index is 1.75. The molecule has 0 fully saturated rings. The van der Waals surface area contributed by atoms with E-state index in [4.69, 9.17) is 18.6 Å². The number of hydrogen-bond acceptors (Lipinski definition) is 5. The van der Waals surface area contributed by atoms with Crippen LogP contribution < -0.4 is 19.8 Å². The van der Waals surface area contributed by atoms with Crippen LogP contribution in [-0.4, -0.2) is 14.2 Å². The van der Waals surface area contributed by atoms with E-state index in [1.165, 1.54) is 0 Å². The Morgan fingerprint density at radius 1 is 0.821 bits per heavy atom. The normalized spacial score (nSPS) is 11.0. The summed E-state index contributed by atoms with van der Waals surface area (Å²) >= 11 is 0. The Labute approximate surface area is 162 Å². The maximum atomic E-state index is 12.4. The third-order valence-electron chi connectivity index (χ3n) is 4.71. The molecule has 5 nitrogen and oxygen atoms in total. The molecule has 0 atom stereocenters. The van der Waals surface area contributed by atoms with Gasteiger partial charge >= 0.3 is 5.63 Å². The lowest BCUT2D eigenvalue weighted by Crippen LogP contribution is -2.02. The van der Waals surface area contributed by atoms with Crippen molar-refractivity contribution in [2.24, 2.45) is 0 Å². The van der Waals surface area contributed by atoms with Gasteiger partial charge in [-0.3, -0.25) is 0 Å². The van der Waals surface area contributed by atoms with Gasteiger partial charge in [-0.05, 0) is 36.8 Å². The number of aryl methyl sites for hydroxylation is 1. The second kappa shape index (κ2) is 7.27. The highest BCUT2D eigenvalue weighted by atomic mass is 16.5. The molecule has 0 N–H and O–H groups in total. The van der Waals surface area contributed by atoms with Crippen molar-refractivity contribution < 1.29 is 18.6 Å². The zero-order valence-corrected chi connectivity index (χ0v) is 15.9. The third-order valence-corrected chi connectivity index (χ3v) is 4.71. The highest BCUT2D eigenvalue weighted by molar-refractivity contribution is 6.05. The molecule has 0 amide bonds. The predicted octanol–water partition coefficient (Wildman–Crippen LogP) is 4.85. The first-order valence-corrected chi connectivity index (χ1v) is 8.90. The Morgan fingerprint density at radius 2 is 1.61 bits per heavy atom. The monoisotopic (exact) mass is 376 g/mol. The van der Waals surface area contributed by atoms with Crippen LogP contribution in [0.15, 0.2) is 63.8 Å². The molecule has 0 aliphatic rings. The minimum atomic E-state index is -0.363. The van der Waals surface area contributed by atoms with E-state index in [-0.39, 0.29) is 5.63 Å². The third kappa shape index (κ3) is 3.27. The Hall–Kier alpha value is -3.47. The van der Waals surface area contributed by atoms with Gasteiger partial charge in [-0.2, -0.15) is 0 Å². The average Bonchev–Trinajstić information content (AvgIpc) is 2.72. The van der Waals surface area contributed by atoms with E-state index in [1.807, 2.05) is 55.5 Å². The van der Waals surface area contributed by atoms with E-state index in [9.17, 15) is 4.79 Å². The highest BCUT2D eigenvalue weighted by Crippen LogP contribution is 2.35. The molecule has 28 heavy (non-hydrogen) atoms. The van der Waals surface area contributed by atoms with Crippen molar-refractivity contribution in [2.75, 3.05) is 14.2 Å². The molecule has 4 rings (SSSR count). The topological polar surface area (TPSA) is 57.9 Å². The molecule has 0 aliphatic carbocycles. The van der Waals surface area contributed by atoms with Crippen LogP contribution in [0.1, 0.15) is 11.1 Å². The Bertz CT molecular complexity index is 1210. The quantitative estimate of drug-likeness (QED) is 0.368. The minimum Gasteiger partial charge on any atom is -0.497 e. The molecule has 0 spiro atoms. The van der Waals surface area contributed by atoms with Crippen LogP contribution in [-0.2, 0) is 6.61 Å². The summed E-state index contributed by atoms with van der Waals surface area (Å²) in [5.74, 6) is 1.88. The lowest BCUT2D eigenvalue weighted by atomic mass is 10.0. The molecule has 0 saturated carbocycles. The van der Waals surface area contributed by atoms with Crippen LogP contribution in [0.2, 0.25) is 0 Å². The second-order valence-corrected chi connectivity index (χ2v) is 6.57. The summed E-state index contributed by atoms with van der Waals surface area (Å²) in [6.07, 6.45) is 0. The molecular formula is C23H20O5. The maximum absolute atomic E-state index is 12.4. The number of methoxy groups -OCH3 is 2. The van der Waals surface area contributed by atoms with Crippen LogP contribution in [0.4, 0.5) is 0 Å². The van der Waals surface area contributed by atoms with E-state index in [2.05, 4.69) is 0 Å². The number of rotatable bonds is 5. The van der Waals surface area contributed by atoms with Crippen LogP contribution in [0.5, 0.6) is 17.2 Å². The molecule has 5 heteroatoms. The van der Waals surface area contributed by atoms with Crippen molar-refractivity contribution in [3.05, 3.63) is 76.1 Å². The SMILES string of the molecule is COc1ccc(COc2cc3oc(=O)c4cc(C)ccc4c3cc2OC)cc1. The van der Waals surface area contributed by atoms with E-state index < -0.39 is 0 Å². The van der Waals surface area contributed by atoms with Crippen LogP contribution >= 0.6 is 0 Å². The fraction of sp³-hybridized carbons (Fsp3) is 0.174. The zero-order valence-electron chi connectivity index (χ0n) is 15.9. The standard InChI is InChI=1S/C23H20O5/c1-14-4-9-17-18-11-21(26-3)22(12-20(18)28-23(24)19(17)10-14)27-13-15-5-7-16(25-2)8-6-15/h4-12H,13H2,1-3H3. The van der Waals surface area contributed by atoms with Gasteiger partial charge < -0.3 is 18.6 Å². The van der Waals surface area contributed by atoms with Gasteiger partial charge in [-0.15, -0.1) is 0 Å². The summed E-state index contributed by atoms with van der Waals surface area (Å²) in [4.78, 5) is 12.4. The van der Waals surface area contributed by atoms with Crippen LogP contribution in [0, 0.1) is 6.92 Å². The van der Waals surface area contributed by atoms with Crippen molar-refractivity contribution in [3.63, 3.8) is 0 Å². The second-order valence-electron chi connectivity index (χ2n) is 6.57. The van der Waals surface area contributed by atoms with Gasteiger partial charge in [-0.1, -0.05) is 29.8 Å². The molecule has 0 unspecified atom stereocenters. The van der Waals surface area contributed by atoms with Crippen LogP contribution in [0.3, 0.4) is 0 Å². The van der Waals surface area contributed by atoms with E-state index in [0.717, 1.165) is 27.6 Å². The summed E-state index contributed by atoms with van der Waals surface area (Å²) in [5, 5.41) is 2.20. The molecule has 142 valence electrons. The molecule has 1 heterocycles. The van der Waals surface area contributed by atoms with Crippen molar-refractivity contribution in [1.29, 1.82) is 0 Å². The Morgan fingerprint density at radius 3 is 2.32 bits per heavy atom. The summed E-state index contributed by atoms with van der Waals surface area (Å²) in [6, 6.07) is 16.9. The number of hydrogen-bond donors (Lipinski definition) is 0. The number of benzene rings is 3. The average molecular weight is 376 g/mol. The first kappa shape index (κ1) is 17.9. The summed E-state index contributed by atoms with van der Waals surface area (Å²) < 4.78 is 22.2. The van der Waals surface area contributed by atoms with Gasteiger partial charge in [0.1, 0.15) is 17.9 Å². The lowest BCUT2D eigenvalue weighted by Gasteiger charge is -2.13. The molecule has 0 bridgehead atoms. The van der Waals surface area contributed by atoms with Gasteiger partial charge in [0.2, 0.25) is 0 Å². The van der Waals surface area contributed by atoms with Crippen molar-refractivity contribution in [3.8, 4) is 17.2 Å². The summed E-state index contributed by atoms with van der Waals surface area (Å²) in [7, 11) is 3.22. The van der Waals surface area contributed by atoms with E-state index >= 15 is 0 Å². The smallest absolute Gasteiger partial charge is 0.344 e.